The van der Waals surface area contributed by atoms with E-state index in [1.807, 2.05) is 27.7 Å². The van der Waals surface area contributed by atoms with Crippen LogP contribution in [0.15, 0.2) is 23.9 Å². The molecule has 6 heteroatoms. The molecule has 1 saturated heterocycles. The van der Waals surface area contributed by atoms with E-state index < -0.39 is 24.0 Å². The number of methoxy groups -OCH3 is 1. The molecule has 1 fully saturated rings. The van der Waals surface area contributed by atoms with E-state index in [4.69, 9.17) is 25.6 Å². The lowest BCUT2D eigenvalue weighted by atomic mass is 9.87. The van der Waals surface area contributed by atoms with Gasteiger partial charge in [-0.05, 0) is 45.4 Å². The molecule has 1 aliphatic heterocycles. The van der Waals surface area contributed by atoms with E-state index in [0.717, 1.165) is 0 Å². The molecule has 1 aromatic carbocycles. The zero-order valence-electron chi connectivity index (χ0n) is 12.9. The Morgan fingerprint density at radius 3 is 2.33 bits per heavy atom. The molecule has 1 aromatic rings. The number of halogens is 2. The molecular formula is C15H19BClFO3. The zero-order chi connectivity index (χ0) is 15.8. The van der Waals surface area contributed by atoms with E-state index in [2.05, 4.69) is 0 Å². The standard InChI is InChI=1S/C15H19BClFO3/c1-14(2)15(3,4)21-16(20-14)12(18)9-10-7-6-8-11(19-5)13(10)17/h6-9H,1-5H3. The Hall–Kier alpha value is -1.04. The van der Waals surface area contributed by atoms with Gasteiger partial charge in [-0.15, -0.1) is 0 Å². The average molecular weight is 313 g/mol. The molecule has 114 valence electrons. The van der Waals surface area contributed by atoms with Crippen molar-refractivity contribution in [2.75, 3.05) is 7.11 Å². The topological polar surface area (TPSA) is 27.7 Å². The van der Waals surface area contributed by atoms with Gasteiger partial charge in [-0.3, -0.25) is 0 Å². The highest BCUT2D eigenvalue weighted by Gasteiger charge is 2.53. The van der Waals surface area contributed by atoms with Gasteiger partial charge in [0, 0.05) is 0 Å². The summed E-state index contributed by atoms with van der Waals surface area (Å²) < 4.78 is 30.8. The van der Waals surface area contributed by atoms with E-state index in [1.54, 1.807) is 18.2 Å². The van der Waals surface area contributed by atoms with Crippen LogP contribution in [0.5, 0.6) is 5.75 Å². The maximum atomic E-state index is 14.4. The quantitative estimate of drug-likeness (QED) is 0.779. The minimum atomic E-state index is -1.03. The van der Waals surface area contributed by atoms with Crippen molar-refractivity contribution in [1.82, 2.24) is 0 Å². The van der Waals surface area contributed by atoms with Crippen LogP contribution in [-0.2, 0) is 9.31 Å². The maximum Gasteiger partial charge on any atom is 0.525 e. The summed E-state index contributed by atoms with van der Waals surface area (Å²) in [6, 6.07) is 5.16. The van der Waals surface area contributed by atoms with E-state index in [1.165, 1.54) is 13.2 Å². The Kier molecular flexibility index (Phi) is 4.38. The highest BCUT2D eigenvalue weighted by molar-refractivity contribution is 6.54. The van der Waals surface area contributed by atoms with Crippen LogP contribution in [0.3, 0.4) is 0 Å². The smallest absolute Gasteiger partial charge is 0.495 e. The Labute approximate surface area is 130 Å². The van der Waals surface area contributed by atoms with Gasteiger partial charge in [-0.25, -0.2) is 4.39 Å². The lowest BCUT2D eigenvalue weighted by Crippen LogP contribution is -2.41. The van der Waals surface area contributed by atoms with Crippen molar-refractivity contribution in [2.45, 2.75) is 38.9 Å². The van der Waals surface area contributed by atoms with Crippen molar-refractivity contribution in [3.05, 3.63) is 34.5 Å². The van der Waals surface area contributed by atoms with Gasteiger partial charge in [0.1, 0.15) is 11.5 Å². The summed E-state index contributed by atoms with van der Waals surface area (Å²) in [6.45, 7) is 7.50. The molecule has 0 aliphatic carbocycles. The second-order valence-corrected chi connectivity index (χ2v) is 6.36. The number of hydrogen-bond donors (Lipinski definition) is 0. The van der Waals surface area contributed by atoms with Crippen molar-refractivity contribution in [1.29, 1.82) is 0 Å². The third-order valence-corrected chi connectivity index (χ3v) is 4.39. The largest absolute Gasteiger partial charge is 0.525 e. The van der Waals surface area contributed by atoms with Crippen LogP contribution >= 0.6 is 11.6 Å². The molecule has 0 saturated carbocycles. The summed E-state index contributed by atoms with van der Waals surface area (Å²) in [6.07, 6.45) is 1.31. The Morgan fingerprint density at radius 1 is 1.24 bits per heavy atom. The van der Waals surface area contributed by atoms with Crippen molar-refractivity contribution in [2.24, 2.45) is 0 Å². The SMILES string of the molecule is COc1cccc(C=C(F)B2OC(C)(C)C(C)(C)O2)c1Cl. The fourth-order valence-corrected chi connectivity index (χ4v) is 2.23. The van der Waals surface area contributed by atoms with Gasteiger partial charge in [-0.1, -0.05) is 23.7 Å². The Balaban J connectivity index is 2.27. The van der Waals surface area contributed by atoms with Crippen LogP contribution < -0.4 is 4.74 Å². The molecule has 0 aromatic heterocycles. The molecule has 1 aliphatic rings. The first-order valence-electron chi connectivity index (χ1n) is 6.73. The first kappa shape index (κ1) is 16.3. The second-order valence-electron chi connectivity index (χ2n) is 5.98. The van der Waals surface area contributed by atoms with E-state index in [0.29, 0.717) is 16.3 Å². The van der Waals surface area contributed by atoms with Crippen LogP contribution in [0.1, 0.15) is 33.3 Å². The maximum absolute atomic E-state index is 14.4. The molecule has 0 N–H and O–H groups in total. The second kappa shape index (κ2) is 5.63. The number of benzene rings is 1. The van der Waals surface area contributed by atoms with Crippen molar-refractivity contribution in [3.8, 4) is 5.75 Å². The van der Waals surface area contributed by atoms with Crippen molar-refractivity contribution < 1.29 is 18.4 Å². The summed E-state index contributed by atoms with van der Waals surface area (Å²) in [4.78, 5) is 0. The van der Waals surface area contributed by atoms with Gasteiger partial charge in [0.2, 0.25) is 0 Å². The van der Waals surface area contributed by atoms with Crippen LogP contribution in [-0.4, -0.2) is 25.4 Å². The lowest BCUT2D eigenvalue weighted by molar-refractivity contribution is 0.00578. The molecule has 0 amide bonds. The Morgan fingerprint density at radius 2 is 1.81 bits per heavy atom. The third kappa shape index (κ3) is 3.10. The Bertz CT molecular complexity index is 556. The summed E-state index contributed by atoms with van der Waals surface area (Å²) in [5.41, 5.74) is -1.17. The van der Waals surface area contributed by atoms with Crippen molar-refractivity contribution in [3.63, 3.8) is 0 Å². The molecule has 0 spiro atoms. The first-order valence-corrected chi connectivity index (χ1v) is 7.11. The summed E-state index contributed by atoms with van der Waals surface area (Å²) >= 11 is 6.15. The molecule has 2 rings (SSSR count). The van der Waals surface area contributed by atoms with Gasteiger partial charge in [-0.2, -0.15) is 0 Å². The molecule has 1 heterocycles. The predicted octanol–water partition coefficient (Wildman–Crippen LogP) is 4.29. The normalized spacial score (nSPS) is 20.7. The zero-order valence-corrected chi connectivity index (χ0v) is 13.6. The van der Waals surface area contributed by atoms with Gasteiger partial charge < -0.3 is 14.0 Å². The van der Waals surface area contributed by atoms with Gasteiger partial charge in [0.25, 0.3) is 0 Å². The van der Waals surface area contributed by atoms with Crippen LogP contribution in [0, 0.1) is 0 Å². The predicted molar refractivity (Wildman–Crippen MR) is 83.2 cm³/mol. The minimum Gasteiger partial charge on any atom is -0.495 e. The number of hydrogen-bond acceptors (Lipinski definition) is 3. The molecule has 0 bridgehead atoms. The third-order valence-electron chi connectivity index (χ3n) is 3.98. The molecular weight excluding hydrogens is 293 g/mol. The fraction of sp³-hybridized carbons (Fsp3) is 0.467. The molecule has 0 radical (unpaired) electrons. The molecule has 21 heavy (non-hydrogen) atoms. The monoisotopic (exact) mass is 312 g/mol. The summed E-state index contributed by atoms with van der Waals surface area (Å²) in [5, 5.41) is 0.353. The van der Waals surface area contributed by atoms with E-state index >= 15 is 0 Å². The number of ether oxygens (including phenoxy) is 1. The lowest BCUT2D eigenvalue weighted by Gasteiger charge is -2.32. The first-order chi connectivity index (χ1) is 9.68. The highest BCUT2D eigenvalue weighted by atomic mass is 35.5. The fourth-order valence-electron chi connectivity index (χ4n) is 1.97. The van der Waals surface area contributed by atoms with Crippen LogP contribution in [0.25, 0.3) is 6.08 Å². The minimum absolute atomic E-state index is 0.353. The molecule has 0 atom stereocenters. The summed E-state index contributed by atoms with van der Waals surface area (Å²) in [5.74, 6) is 0.493. The van der Waals surface area contributed by atoms with Crippen molar-refractivity contribution >= 4 is 24.8 Å². The summed E-state index contributed by atoms with van der Waals surface area (Å²) in [7, 11) is 0.483. The van der Waals surface area contributed by atoms with Gasteiger partial charge in [0.05, 0.1) is 23.3 Å². The van der Waals surface area contributed by atoms with E-state index in [9.17, 15) is 4.39 Å². The average Bonchev–Trinajstić information content (AvgIpc) is 2.61. The van der Waals surface area contributed by atoms with Gasteiger partial charge >= 0.3 is 7.12 Å². The molecule has 3 nitrogen and oxygen atoms in total. The van der Waals surface area contributed by atoms with Gasteiger partial charge in [0.15, 0.2) is 0 Å². The van der Waals surface area contributed by atoms with Crippen LogP contribution in [0.4, 0.5) is 4.39 Å². The number of rotatable bonds is 3. The highest BCUT2D eigenvalue weighted by Crippen LogP contribution is 2.39. The molecule has 0 unspecified atom stereocenters. The van der Waals surface area contributed by atoms with Crippen LogP contribution in [0.2, 0.25) is 5.02 Å². The van der Waals surface area contributed by atoms with E-state index in [-0.39, 0.29) is 0 Å².